The van der Waals surface area contributed by atoms with Crippen LogP contribution in [0.15, 0.2) is 42.5 Å². The third-order valence-corrected chi connectivity index (χ3v) is 2.88. The molecular formula is C15H20N2. The number of anilines is 1. The first-order valence-electron chi connectivity index (χ1n) is 6.03. The molecule has 2 aromatic rings. The highest BCUT2D eigenvalue weighted by molar-refractivity contribution is 5.94. The Labute approximate surface area is 103 Å². The highest BCUT2D eigenvalue weighted by Gasteiger charge is 2.16. The number of benzene rings is 2. The Balaban J connectivity index is 2.36. The minimum Gasteiger partial charge on any atom is -0.378 e. The molecule has 0 aliphatic heterocycles. The van der Waals surface area contributed by atoms with Crippen molar-refractivity contribution in [3.05, 3.63) is 42.5 Å². The van der Waals surface area contributed by atoms with E-state index in [0.29, 0.717) is 0 Å². The zero-order valence-electron chi connectivity index (χ0n) is 10.7. The van der Waals surface area contributed by atoms with Gasteiger partial charge in [0, 0.05) is 23.2 Å². The van der Waals surface area contributed by atoms with Crippen LogP contribution in [0.5, 0.6) is 0 Å². The molecule has 0 heterocycles. The van der Waals surface area contributed by atoms with Crippen LogP contribution in [-0.4, -0.2) is 19.1 Å². The minimum atomic E-state index is 0.0406. The largest absolute Gasteiger partial charge is 0.378 e. The molecule has 0 saturated heterocycles. The van der Waals surface area contributed by atoms with Crippen molar-refractivity contribution in [2.45, 2.75) is 19.4 Å². The van der Waals surface area contributed by atoms with Crippen LogP contribution < -0.4 is 10.6 Å². The van der Waals surface area contributed by atoms with Crippen LogP contribution in [0.25, 0.3) is 10.8 Å². The summed E-state index contributed by atoms with van der Waals surface area (Å²) in [6.07, 6.45) is 0. The molecule has 0 bridgehead atoms. The molecule has 0 radical (unpaired) electrons. The van der Waals surface area contributed by atoms with Gasteiger partial charge < -0.3 is 10.6 Å². The van der Waals surface area contributed by atoms with Crippen LogP contribution in [0.3, 0.4) is 0 Å². The first-order chi connectivity index (χ1) is 8.12. The van der Waals surface area contributed by atoms with E-state index in [1.54, 1.807) is 0 Å². The Morgan fingerprint density at radius 2 is 1.71 bits per heavy atom. The SMILES string of the molecule is CNCC(C)(C)Nc1cccc2ccccc12. The summed E-state index contributed by atoms with van der Waals surface area (Å²) in [5, 5.41) is 9.37. The molecule has 2 heteroatoms. The van der Waals surface area contributed by atoms with Gasteiger partial charge in [-0.3, -0.25) is 0 Å². The lowest BCUT2D eigenvalue weighted by atomic mass is 10.0. The van der Waals surface area contributed by atoms with Crippen molar-refractivity contribution >= 4 is 16.5 Å². The molecule has 0 unspecified atom stereocenters. The molecule has 17 heavy (non-hydrogen) atoms. The molecule has 0 saturated carbocycles. The van der Waals surface area contributed by atoms with Crippen molar-refractivity contribution in [2.24, 2.45) is 0 Å². The predicted octanol–water partition coefficient (Wildman–Crippen LogP) is 3.25. The molecule has 0 atom stereocenters. The van der Waals surface area contributed by atoms with Gasteiger partial charge in [0.25, 0.3) is 0 Å². The average molecular weight is 228 g/mol. The molecule has 2 rings (SSSR count). The first kappa shape index (κ1) is 11.9. The quantitative estimate of drug-likeness (QED) is 0.839. The van der Waals surface area contributed by atoms with E-state index in [2.05, 4.69) is 66.9 Å². The molecule has 0 amide bonds. The van der Waals surface area contributed by atoms with Gasteiger partial charge in [0.15, 0.2) is 0 Å². The zero-order chi connectivity index (χ0) is 12.3. The molecule has 0 spiro atoms. The fourth-order valence-electron chi connectivity index (χ4n) is 2.19. The van der Waals surface area contributed by atoms with Crippen molar-refractivity contribution in [3.8, 4) is 0 Å². The second kappa shape index (κ2) is 4.76. The van der Waals surface area contributed by atoms with Gasteiger partial charge in [-0.2, -0.15) is 0 Å². The van der Waals surface area contributed by atoms with Crippen LogP contribution in [0, 0.1) is 0 Å². The summed E-state index contributed by atoms with van der Waals surface area (Å²) in [7, 11) is 1.98. The van der Waals surface area contributed by atoms with Gasteiger partial charge in [-0.15, -0.1) is 0 Å². The van der Waals surface area contributed by atoms with E-state index < -0.39 is 0 Å². The highest BCUT2D eigenvalue weighted by atomic mass is 15.0. The summed E-state index contributed by atoms with van der Waals surface area (Å²) >= 11 is 0. The van der Waals surface area contributed by atoms with Crippen LogP contribution in [0.1, 0.15) is 13.8 Å². The van der Waals surface area contributed by atoms with Crippen LogP contribution in [-0.2, 0) is 0 Å². The van der Waals surface area contributed by atoms with Gasteiger partial charge >= 0.3 is 0 Å². The standard InChI is InChI=1S/C15H20N2/c1-15(2,11-16-3)17-14-10-6-8-12-7-4-5-9-13(12)14/h4-10,16-17H,11H2,1-3H3. The van der Waals surface area contributed by atoms with Crippen molar-refractivity contribution in [1.29, 1.82) is 0 Å². The lowest BCUT2D eigenvalue weighted by Gasteiger charge is -2.28. The maximum absolute atomic E-state index is 3.60. The van der Waals surface area contributed by atoms with E-state index >= 15 is 0 Å². The van der Waals surface area contributed by atoms with E-state index in [-0.39, 0.29) is 5.54 Å². The average Bonchev–Trinajstić information content (AvgIpc) is 2.29. The Bertz CT molecular complexity index is 498. The summed E-state index contributed by atoms with van der Waals surface area (Å²) in [5.41, 5.74) is 1.24. The number of likely N-dealkylation sites (N-methyl/N-ethyl adjacent to an activating group) is 1. The lowest BCUT2D eigenvalue weighted by molar-refractivity contribution is 0.531. The highest BCUT2D eigenvalue weighted by Crippen LogP contribution is 2.25. The second-order valence-corrected chi connectivity index (χ2v) is 5.07. The van der Waals surface area contributed by atoms with Gasteiger partial charge in [0.2, 0.25) is 0 Å². The van der Waals surface area contributed by atoms with Gasteiger partial charge in [-0.25, -0.2) is 0 Å². The normalized spacial score (nSPS) is 11.7. The Morgan fingerprint density at radius 1 is 1.00 bits per heavy atom. The van der Waals surface area contributed by atoms with Crippen LogP contribution in [0.4, 0.5) is 5.69 Å². The van der Waals surface area contributed by atoms with Crippen molar-refractivity contribution < 1.29 is 0 Å². The number of fused-ring (bicyclic) bond motifs is 1. The third kappa shape index (κ3) is 2.77. The number of nitrogens with one attached hydrogen (secondary N) is 2. The fourth-order valence-corrected chi connectivity index (χ4v) is 2.19. The van der Waals surface area contributed by atoms with Crippen LogP contribution in [0.2, 0.25) is 0 Å². The van der Waals surface area contributed by atoms with Gasteiger partial charge in [-0.05, 0) is 32.3 Å². The Morgan fingerprint density at radius 3 is 2.47 bits per heavy atom. The predicted molar refractivity (Wildman–Crippen MR) is 75.6 cm³/mol. The summed E-state index contributed by atoms with van der Waals surface area (Å²) in [5.74, 6) is 0. The monoisotopic (exact) mass is 228 g/mol. The zero-order valence-corrected chi connectivity index (χ0v) is 10.7. The van der Waals surface area contributed by atoms with E-state index in [0.717, 1.165) is 6.54 Å². The maximum atomic E-state index is 3.60. The van der Waals surface area contributed by atoms with Crippen molar-refractivity contribution in [3.63, 3.8) is 0 Å². The minimum absolute atomic E-state index is 0.0406. The Hall–Kier alpha value is -1.54. The molecule has 2 aromatic carbocycles. The summed E-state index contributed by atoms with van der Waals surface area (Å²) in [6, 6.07) is 14.8. The fraction of sp³-hybridized carbons (Fsp3) is 0.333. The van der Waals surface area contributed by atoms with E-state index in [1.165, 1.54) is 16.5 Å². The molecule has 0 aromatic heterocycles. The second-order valence-electron chi connectivity index (χ2n) is 5.07. The van der Waals surface area contributed by atoms with Gasteiger partial charge in [0.1, 0.15) is 0 Å². The van der Waals surface area contributed by atoms with Gasteiger partial charge in [-0.1, -0.05) is 36.4 Å². The molecule has 2 N–H and O–H groups in total. The summed E-state index contributed by atoms with van der Waals surface area (Å²) in [6.45, 7) is 5.33. The lowest BCUT2D eigenvalue weighted by Crippen LogP contribution is -2.40. The molecule has 90 valence electrons. The smallest absolute Gasteiger partial charge is 0.0441 e. The molecule has 0 fully saturated rings. The maximum Gasteiger partial charge on any atom is 0.0441 e. The van der Waals surface area contributed by atoms with Crippen LogP contribution >= 0.6 is 0 Å². The van der Waals surface area contributed by atoms with E-state index in [1.807, 2.05) is 7.05 Å². The molecule has 2 nitrogen and oxygen atoms in total. The Kier molecular flexibility index (Phi) is 3.34. The van der Waals surface area contributed by atoms with E-state index in [9.17, 15) is 0 Å². The first-order valence-corrected chi connectivity index (χ1v) is 6.03. The molecule has 0 aliphatic carbocycles. The number of rotatable bonds is 4. The summed E-state index contributed by atoms with van der Waals surface area (Å²) < 4.78 is 0. The third-order valence-electron chi connectivity index (χ3n) is 2.88. The molecular weight excluding hydrogens is 208 g/mol. The van der Waals surface area contributed by atoms with Crippen molar-refractivity contribution in [2.75, 3.05) is 18.9 Å². The van der Waals surface area contributed by atoms with E-state index in [4.69, 9.17) is 0 Å². The summed E-state index contributed by atoms with van der Waals surface area (Å²) in [4.78, 5) is 0. The topological polar surface area (TPSA) is 24.1 Å². The van der Waals surface area contributed by atoms with Crippen molar-refractivity contribution in [1.82, 2.24) is 5.32 Å². The number of hydrogen-bond donors (Lipinski definition) is 2. The molecule has 0 aliphatic rings. The number of hydrogen-bond acceptors (Lipinski definition) is 2. The van der Waals surface area contributed by atoms with Gasteiger partial charge in [0.05, 0.1) is 0 Å².